The van der Waals surface area contributed by atoms with Gasteiger partial charge in [0.15, 0.2) is 4.34 Å². The van der Waals surface area contributed by atoms with Gasteiger partial charge in [0.2, 0.25) is 5.91 Å². The number of rotatable bonds is 3. The summed E-state index contributed by atoms with van der Waals surface area (Å²) in [5.74, 6) is -0.316. The van der Waals surface area contributed by atoms with E-state index in [2.05, 4.69) is 20.9 Å². The van der Waals surface area contributed by atoms with Gasteiger partial charge in [-0.15, -0.1) is 11.3 Å². The van der Waals surface area contributed by atoms with Gasteiger partial charge in [-0.25, -0.2) is 4.98 Å². The predicted octanol–water partition coefficient (Wildman–Crippen LogP) is 3.02. The second kappa shape index (κ2) is 4.73. The van der Waals surface area contributed by atoms with Crippen LogP contribution in [0.25, 0.3) is 10.2 Å². The molecule has 0 saturated heterocycles. The van der Waals surface area contributed by atoms with Crippen molar-refractivity contribution in [3.8, 4) is 0 Å². The number of thioether (sulfide) groups is 1. The zero-order valence-corrected chi connectivity index (χ0v) is 11.7. The third-order valence-corrected chi connectivity index (χ3v) is 4.90. The third-order valence-electron chi connectivity index (χ3n) is 2.03. The quantitative estimate of drug-likeness (QED) is 0.885. The largest absolute Gasteiger partial charge is 0.369 e. The summed E-state index contributed by atoms with van der Waals surface area (Å²) < 4.78 is 2.95. The molecule has 0 unspecified atom stereocenters. The number of halogens is 1. The van der Waals surface area contributed by atoms with E-state index in [0.717, 1.165) is 19.0 Å². The van der Waals surface area contributed by atoms with Crippen LogP contribution in [0.3, 0.4) is 0 Å². The van der Waals surface area contributed by atoms with Gasteiger partial charge < -0.3 is 5.73 Å². The number of hydrogen-bond donors (Lipinski definition) is 1. The topological polar surface area (TPSA) is 56.0 Å². The minimum absolute atomic E-state index is 0.251. The molecule has 3 nitrogen and oxygen atoms in total. The number of carbonyl (C=O) groups excluding carboxylic acids is 1. The van der Waals surface area contributed by atoms with Crippen molar-refractivity contribution >= 4 is 55.2 Å². The molecule has 1 aromatic heterocycles. The Morgan fingerprint density at radius 3 is 3.00 bits per heavy atom. The number of fused-ring (bicyclic) bond motifs is 1. The molecule has 1 atom stereocenters. The van der Waals surface area contributed by atoms with Crippen molar-refractivity contribution in [3.05, 3.63) is 22.7 Å². The van der Waals surface area contributed by atoms with Crippen LogP contribution in [0.2, 0.25) is 0 Å². The fourth-order valence-electron chi connectivity index (χ4n) is 1.15. The first-order chi connectivity index (χ1) is 7.58. The summed E-state index contributed by atoms with van der Waals surface area (Å²) in [7, 11) is 0. The first-order valence-electron chi connectivity index (χ1n) is 4.59. The molecule has 1 aromatic carbocycles. The van der Waals surface area contributed by atoms with Crippen LogP contribution in [0.5, 0.6) is 0 Å². The minimum atomic E-state index is -0.316. The van der Waals surface area contributed by atoms with E-state index in [-0.39, 0.29) is 11.2 Å². The molecule has 16 heavy (non-hydrogen) atoms. The number of nitrogens with zero attached hydrogens (tertiary/aromatic N) is 1. The van der Waals surface area contributed by atoms with Crippen molar-refractivity contribution in [1.82, 2.24) is 4.98 Å². The molecule has 6 heteroatoms. The van der Waals surface area contributed by atoms with Gasteiger partial charge in [0.1, 0.15) is 0 Å². The van der Waals surface area contributed by atoms with E-state index in [1.807, 2.05) is 18.2 Å². The molecule has 84 valence electrons. The number of aromatic nitrogens is 1. The van der Waals surface area contributed by atoms with Gasteiger partial charge in [-0.05, 0) is 35.0 Å². The lowest BCUT2D eigenvalue weighted by Gasteiger charge is -2.01. The number of primary amides is 1. The number of nitrogens with two attached hydrogens (primary N) is 1. The predicted molar refractivity (Wildman–Crippen MR) is 71.8 cm³/mol. The van der Waals surface area contributed by atoms with Gasteiger partial charge in [-0.3, -0.25) is 4.79 Å². The number of amides is 1. The number of thiazole rings is 1. The van der Waals surface area contributed by atoms with Crippen LogP contribution in [0, 0.1) is 0 Å². The van der Waals surface area contributed by atoms with Crippen molar-refractivity contribution in [2.75, 3.05) is 0 Å². The molecule has 0 fully saturated rings. The molecule has 2 N–H and O–H groups in total. The molecule has 0 aliphatic heterocycles. The van der Waals surface area contributed by atoms with Crippen LogP contribution in [0.15, 0.2) is 27.0 Å². The van der Waals surface area contributed by atoms with Crippen molar-refractivity contribution in [2.24, 2.45) is 5.73 Å². The van der Waals surface area contributed by atoms with Crippen LogP contribution >= 0.6 is 39.0 Å². The van der Waals surface area contributed by atoms with E-state index in [9.17, 15) is 4.79 Å². The zero-order valence-electron chi connectivity index (χ0n) is 8.44. The van der Waals surface area contributed by atoms with Gasteiger partial charge >= 0.3 is 0 Å². The number of hydrogen-bond acceptors (Lipinski definition) is 4. The highest BCUT2D eigenvalue weighted by molar-refractivity contribution is 9.10. The summed E-state index contributed by atoms with van der Waals surface area (Å²) in [4.78, 5) is 15.4. The summed E-state index contributed by atoms with van der Waals surface area (Å²) in [5.41, 5.74) is 6.15. The smallest absolute Gasteiger partial charge is 0.230 e. The number of carbonyl (C=O) groups is 1. The molecular formula is C10H9BrN2OS2. The molecule has 0 radical (unpaired) electrons. The lowest BCUT2D eigenvalue weighted by molar-refractivity contribution is -0.117. The molecule has 1 heterocycles. The number of benzene rings is 1. The molecule has 0 bridgehead atoms. The first kappa shape index (κ1) is 11.9. The highest BCUT2D eigenvalue weighted by atomic mass is 79.9. The summed E-state index contributed by atoms with van der Waals surface area (Å²) >= 11 is 6.42. The molecule has 0 saturated carbocycles. The second-order valence-corrected chi connectivity index (χ2v) is 6.70. The van der Waals surface area contributed by atoms with Crippen molar-refractivity contribution in [3.63, 3.8) is 0 Å². The maximum absolute atomic E-state index is 11.0. The van der Waals surface area contributed by atoms with E-state index in [1.165, 1.54) is 11.8 Å². The molecule has 2 aromatic rings. The summed E-state index contributed by atoms with van der Waals surface area (Å²) in [5, 5.41) is -0.251. The molecule has 0 spiro atoms. The fourth-order valence-corrected chi connectivity index (χ4v) is 3.92. The highest BCUT2D eigenvalue weighted by Crippen LogP contribution is 2.34. The summed E-state index contributed by atoms with van der Waals surface area (Å²) in [6, 6.07) is 5.93. The highest BCUT2D eigenvalue weighted by Gasteiger charge is 2.14. The van der Waals surface area contributed by atoms with Gasteiger partial charge in [-0.1, -0.05) is 17.8 Å². The first-order valence-corrected chi connectivity index (χ1v) is 7.08. The van der Waals surface area contributed by atoms with Crippen molar-refractivity contribution in [1.29, 1.82) is 0 Å². The molecule has 0 aliphatic rings. The molecule has 0 aliphatic carbocycles. The lowest BCUT2D eigenvalue weighted by Crippen LogP contribution is -2.22. The Morgan fingerprint density at radius 2 is 2.38 bits per heavy atom. The normalized spacial score (nSPS) is 12.9. The van der Waals surface area contributed by atoms with E-state index in [4.69, 9.17) is 5.73 Å². The van der Waals surface area contributed by atoms with E-state index in [0.29, 0.717) is 0 Å². The Kier molecular flexibility index (Phi) is 3.51. The maximum Gasteiger partial charge on any atom is 0.230 e. The average Bonchev–Trinajstić information content (AvgIpc) is 2.61. The third kappa shape index (κ3) is 2.39. The summed E-state index contributed by atoms with van der Waals surface area (Å²) in [6.45, 7) is 1.79. The second-order valence-electron chi connectivity index (χ2n) is 3.23. The molecular weight excluding hydrogens is 308 g/mol. The van der Waals surface area contributed by atoms with Gasteiger partial charge in [0.25, 0.3) is 0 Å². The van der Waals surface area contributed by atoms with Crippen LogP contribution in [-0.2, 0) is 4.79 Å². The lowest BCUT2D eigenvalue weighted by atomic mass is 10.3. The standard InChI is InChI=1S/C10H9BrN2OS2/c1-5(9(12)14)15-10-13-8-6(11)3-2-4-7(8)16-10/h2-5H,1H3,(H2,12,14)/t5-/m1/s1. The van der Waals surface area contributed by atoms with E-state index < -0.39 is 0 Å². The van der Waals surface area contributed by atoms with E-state index >= 15 is 0 Å². The Balaban J connectivity index is 2.33. The summed E-state index contributed by atoms with van der Waals surface area (Å²) in [6.07, 6.45) is 0. The molecule has 2 rings (SSSR count). The Morgan fingerprint density at radius 1 is 1.62 bits per heavy atom. The Hall–Kier alpha value is -0.590. The van der Waals surface area contributed by atoms with Crippen molar-refractivity contribution < 1.29 is 4.79 Å². The minimum Gasteiger partial charge on any atom is -0.369 e. The average molecular weight is 317 g/mol. The Bertz CT molecular complexity index is 541. The van der Waals surface area contributed by atoms with Gasteiger partial charge in [0.05, 0.1) is 15.5 Å². The molecule has 1 amide bonds. The van der Waals surface area contributed by atoms with Crippen LogP contribution in [0.4, 0.5) is 0 Å². The van der Waals surface area contributed by atoms with Crippen LogP contribution < -0.4 is 5.73 Å². The van der Waals surface area contributed by atoms with Gasteiger partial charge in [-0.2, -0.15) is 0 Å². The Labute approximate surface area is 110 Å². The zero-order chi connectivity index (χ0) is 11.7. The SMILES string of the molecule is C[C@@H](Sc1nc2c(Br)cccc2s1)C(N)=O. The van der Waals surface area contributed by atoms with Crippen LogP contribution in [0.1, 0.15) is 6.92 Å². The van der Waals surface area contributed by atoms with E-state index in [1.54, 1.807) is 18.3 Å². The van der Waals surface area contributed by atoms with Gasteiger partial charge in [0, 0.05) is 4.47 Å². The van der Waals surface area contributed by atoms with Crippen LogP contribution in [-0.4, -0.2) is 16.1 Å². The fraction of sp³-hybridized carbons (Fsp3) is 0.200. The number of para-hydroxylation sites is 1. The van der Waals surface area contributed by atoms with Crippen molar-refractivity contribution in [2.45, 2.75) is 16.5 Å². The monoisotopic (exact) mass is 316 g/mol. The maximum atomic E-state index is 11.0.